The number of nitrogens with zero attached hydrogens (tertiary/aromatic N) is 1. The van der Waals surface area contributed by atoms with Gasteiger partial charge in [0, 0.05) is 6.42 Å². The first-order valence-corrected chi connectivity index (χ1v) is 4.94. The molecule has 0 spiro atoms. The van der Waals surface area contributed by atoms with Crippen LogP contribution in [0.2, 0.25) is 0 Å². The zero-order chi connectivity index (χ0) is 9.40. The maximum Gasteiger partial charge on any atom is 0.159 e. The summed E-state index contributed by atoms with van der Waals surface area (Å²) in [4.78, 5) is 2.39. The highest BCUT2D eigenvalue weighted by Gasteiger charge is 1.99. The van der Waals surface area contributed by atoms with E-state index in [1.165, 1.54) is 0 Å². The molecule has 12 heavy (non-hydrogen) atoms. The van der Waals surface area contributed by atoms with Gasteiger partial charge in [-0.25, -0.2) is 0 Å². The Kier molecular flexibility index (Phi) is 7.40. The molecule has 72 valence electrons. The maximum absolute atomic E-state index is 4.94. The van der Waals surface area contributed by atoms with E-state index in [0.717, 1.165) is 37.5 Å². The highest BCUT2D eigenvalue weighted by molar-refractivity contribution is 7.80. The SMILES string of the molecule is CCN(CC)CCCC(=S)OC. The molecule has 0 saturated heterocycles. The molecular formula is C9H19NOS. The molecule has 0 radical (unpaired) electrons. The van der Waals surface area contributed by atoms with Crippen molar-refractivity contribution >= 4 is 17.3 Å². The molecule has 0 aromatic carbocycles. The molecule has 2 nitrogen and oxygen atoms in total. The Morgan fingerprint density at radius 1 is 1.33 bits per heavy atom. The third-order valence-electron chi connectivity index (χ3n) is 1.98. The molecule has 0 heterocycles. The van der Waals surface area contributed by atoms with Crippen molar-refractivity contribution in [3.8, 4) is 0 Å². The Hall–Kier alpha value is -0.150. The zero-order valence-corrected chi connectivity index (χ0v) is 9.12. The van der Waals surface area contributed by atoms with Crippen molar-refractivity contribution in [1.82, 2.24) is 4.90 Å². The summed E-state index contributed by atoms with van der Waals surface area (Å²) in [5.74, 6) is 0. The van der Waals surface area contributed by atoms with E-state index in [2.05, 4.69) is 18.7 Å². The first-order valence-electron chi connectivity index (χ1n) is 4.53. The Balaban J connectivity index is 3.34. The van der Waals surface area contributed by atoms with E-state index in [1.54, 1.807) is 7.11 Å². The average molecular weight is 189 g/mol. The molecule has 3 heteroatoms. The van der Waals surface area contributed by atoms with Crippen LogP contribution < -0.4 is 0 Å². The van der Waals surface area contributed by atoms with Crippen LogP contribution in [0.1, 0.15) is 26.7 Å². The first-order chi connectivity index (χ1) is 5.74. The Bertz CT molecular complexity index is 124. The molecule has 0 aromatic heterocycles. The Morgan fingerprint density at radius 2 is 1.92 bits per heavy atom. The van der Waals surface area contributed by atoms with Gasteiger partial charge < -0.3 is 9.64 Å². The zero-order valence-electron chi connectivity index (χ0n) is 8.30. The molecule has 0 fully saturated rings. The maximum atomic E-state index is 4.94. The summed E-state index contributed by atoms with van der Waals surface area (Å²) in [7, 11) is 1.64. The second-order valence-corrected chi connectivity index (χ2v) is 3.16. The van der Waals surface area contributed by atoms with Gasteiger partial charge in [-0.1, -0.05) is 13.8 Å². The van der Waals surface area contributed by atoms with Crippen molar-refractivity contribution in [1.29, 1.82) is 0 Å². The Labute approximate surface area is 80.9 Å². The second kappa shape index (κ2) is 7.50. The Morgan fingerprint density at radius 3 is 2.33 bits per heavy atom. The third kappa shape index (κ3) is 5.49. The molecule has 0 aliphatic rings. The van der Waals surface area contributed by atoms with Gasteiger partial charge in [0.05, 0.1) is 7.11 Å². The predicted octanol–water partition coefficient (Wildman–Crippen LogP) is 2.08. The van der Waals surface area contributed by atoms with Gasteiger partial charge in [-0.15, -0.1) is 0 Å². The number of methoxy groups -OCH3 is 1. The summed E-state index contributed by atoms with van der Waals surface area (Å²) in [5, 5.41) is 0.724. The fraction of sp³-hybridized carbons (Fsp3) is 0.889. The van der Waals surface area contributed by atoms with E-state index in [9.17, 15) is 0 Å². The largest absolute Gasteiger partial charge is 0.490 e. The molecule has 0 rings (SSSR count). The van der Waals surface area contributed by atoms with Crippen LogP contribution in [-0.2, 0) is 4.74 Å². The first kappa shape index (κ1) is 11.8. The van der Waals surface area contributed by atoms with E-state index < -0.39 is 0 Å². The molecule has 0 unspecified atom stereocenters. The van der Waals surface area contributed by atoms with Gasteiger partial charge in [-0.05, 0) is 38.3 Å². The number of ether oxygens (including phenoxy) is 1. The van der Waals surface area contributed by atoms with Crippen molar-refractivity contribution in [2.24, 2.45) is 0 Å². The van der Waals surface area contributed by atoms with E-state index in [4.69, 9.17) is 17.0 Å². The van der Waals surface area contributed by atoms with Crippen LogP contribution in [0.5, 0.6) is 0 Å². The molecular weight excluding hydrogens is 170 g/mol. The van der Waals surface area contributed by atoms with Crippen LogP contribution in [0.25, 0.3) is 0 Å². The van der Waals surface area contributed by atoms with Crippen molar-refractivity contribution in [2.75, 3.05) is 26.7 Å². The summed E-state index contributed by atoms with van der Waals surface area (Å²) in [6.07, 6.45) is 2.01. The molecule has 0 amide bonds. The quantitative estimate of drug-likeness (QED) is 0.594. The summed E-state index contributed by atoms with van der Waals surface area (Å²) in [6, 6.07) is 0. The lowest BCUT2D eigenvalue weighted by Gasteiger charge is -2.17. The highest BCUT2D eigenvalue weighted by Crippen LogP contribution is 1.97. The fourth-order valence-electron chi connectivity index (χ4n) is 1.09. The molecule has 0 aliphatic heterocycles. The van der Waals surface area contributed by atoms with E-state index in [1.807, 2.05) is 0 Å². The minimum atomic E-state index is 0.724. The minimum absolute atomic E-state index is 0.724. The normalized spacial score (nSPS) is 10.3. The predicted molar refractivity (Wildman–Crippen MR) is 56.6 cm³/mol. The smallest absolute Gasteiger partial charge is 0.159 e. The number of thiocarbonyl (C=S) groups is 1. The van der Waals surface area contributed by atoms with Crippen molar-refractivity contribution in [3.63, 3.8) is 0 Å². The summed E-state index contributed by atoms with van der Waals surface area (Å²) in [5.41, 5.74) is 0. The molecule has 0 aromatic rings. The van der Waals surface area contributed by atoms with Crippen LogP contribution in [-0.4, -0.2) is 36.7 Å². The molecule has 0 N–H and O–H groups in total. The standard InChI is InChI=1S/C9H19NOS/c1-4-10(5-2)8-6-7-9(12)11-3/h4-8H2,1-3H3. The monoisotopic (exact) mass is 189 g/mol. The van der Waals surface area contributed by atoms with Gasteiger partial charge in [-0.2, -0.15) is 0 Å². The lowest BCUT2D eigenvalue weighted by Crippen LogP contribution is -2.24. The fourth-order valence-corrected chi connectivity index (χ4v) is 1.23. The summed E-state index contributed by atoms with van der Waals surface area (Å²) < 4.78 is 4.91. The van der Waals surface area contributed by atoms with Gasteiger partial charge in [0.15, 0.2) is 5.05 Å². The summed E-state index contributed by atoms with van der Waals surface area (Å²) in [6.45, 7) is 7.72. The van der Waals surface area contributed by atoms with Gasteiger partial charge in [0.1, 0.15) is 0 Å². The molecule has 0 bridgehead atoms. The van der Waals surface area contributed by atoms with Crippen LogP contribution >= 0.6 is 12.2 Å². The van der Waals surface area contributed by atoms with Gasteiger partial charge in [0.2, 0.25) is 0 Å². The van der Waals surface area contributed by atoms with E-state index in [-0.39, 0.29) is 0 Å². The van der Waals surface area contributed by atoms with Crippen molar-refractivity contribution in [2.45, 2.75) is 26.7 Å². The van der Waals surface area contributed by atoms with Gasteiger partial charge in [0.25, 0.3) is 0 Å². The average Bonchev–Trinajstić information content (AvgIpc) is 2.12. The van der Waals surface area contributed by atoms with Crippen molar-refractivity contribution in [3.05, 3.63) is 0 Å². The topological polar surface area (TPSA) is 12.5 Å². The van der Waals surface area contributed by atoms with Gasteiger partial charge in [-0.3, -0.25) is 0 Å². The van der Waals surface area contributed by atoms with Crippen LogP contribution in [0.4, 0.5) is 0 Å². The highest BCUT2D eigenvalue weighted by atomic mass is 32.1. The molecule has 0 atom stereocenters. The third-order valence-corrected chi connectivity index (χ3v) is 2.35. The number of hydrogen-bond acceptors (Lipinski definition) is 3. The summed E-state index contributed by atoms with van der Waals surface area (Å²) >= 11 is 4.94. The number of rotatable bonds is 6. The molecule has 0 aliphatic carbocycles. The van der Waals surface area contributed by atoms with E-state index >= 15 is 0 Å². The van der Waals surface area contributed by atoms with Crippen LogP contribution in [0.15, 0.2) is 0 Å². The minimum Gasteiger partial charge on any atom is -0.490 e. The van der Waals surface area contributed by atoms with Crippen molar-refractivity contribution < 1.29 is 4.74 Å². The van der Waals surface area contributed by atoms with Crippen LogP contribution in [0, 0.1) is 0 Å². The van der Waals surface area contributed by atoms with Crippen LogP contribution in [0.3, 0.4) is 0 Å². The molecule has 0 saturated carbocycles. The second-order valence-electron chi connectivity index (χ2n) is 2.71. The lowest BCUT2D eigenvalue weighted by atomic mass is 10.3. The van der Waals surface area contributed by atoms with Gasteiger partial charge >= 0.3 is 0 Å². The van der Waals surface area contributed by atoms with E-state index in [0.29, 0.717) is 0 Å². The lowest BCUT2D eigenvalue weighted by molar-refractivity contribution is 0.298. The number of hydrogen-bond donors (Lipinski definition) is 0.